The molecule has 0 spiro atoms. The Morgan fingerprint density at radius 2 is 2.03 bits per heavy atom. The fourth-order valence-electron chi connectivity index (χ4n) is 3.44. The molecule has 0 aliphatic rings. The molecule has 158 valence electrons. The molecule has 1 aromatic heterocycles. The van der Waals surface area contributed by atoms with Crippen molar-refractivity contribution in [3.8, 4) is 28.7 Å². The number of nitriles is 1. The number of allylic oxidation sites excluding steroid dienone is 1. The highest BCUT2D eigenvalue weighted by Gasteiger charge is 2.19. The number of nitrogen functional groups attached to an aromatic ring is 1. The van der Waals surface area contributed by atoms with Crippen molar-refractivity contribution < 1.29 is 9.84 Å². The maximum Gasteiger partial charge on any atom is 0.161 e. The average Bonchev–Trinajstić information content (AvgIpc) is 2.76. The second-order valence-electron chi connectivity index (χ2n) is 6.99. The fraction of sp³-hybridized carbons (Fsp3) is 0.167. The highest BCUT2D eigenvalue weighted by Crippen LogP contribution is 2.41. The molecular weight excluding hydrogens is 412 g/mol. The summed E-state index contributed by atoms with van der Waals surface area (Å²) < 4.78 is 5.26. The van der Waals surface area contributed by atoms with Crippen molar-refractivity contribution in [2.45, 2.75) is 20.8 Å². The minimum atomic E-state index is 0.0277. The van der Waals surface area contributed by atoms with E-state index in [-0.39, 0.29) is 5.75 Å². The number of nitrogens with one attached hydrogen (secondary N) is 1. The van der Waals surface area contributed by atoms with Crippen molar-refractivity contribution in [3.05, 3.63) is 63.9 Å². The number of nitrogens with zero attached hydrogens (tertiary/aromatic N) is 2. The van der Waals surface area contributed by atoms with E-state index in [2.05, 4.69) is 16.4 Å². The average molecular weight is 435 g/mol. The number of phenolic OH excluding ortho intramolecular Hbond substituents is 1. The molecule has 0 saturated carbocycles. The van der Waals surface area contributed by atoms with Crippen LogP contribution >= 0.6 is 11.6 Å². The van der Waals surface area contributed by atoms with E-state index in [1.807, 2.05) is 32.9 Å². The SMILES string of the molecule is C/C=C\c1c(C)c(Nc2c(C#N)cnc(C)c2-c2ccc(O)c(OC)c2)cc(Cl)c1N. The smallest absolute Gasteiger partial charge is 0.161 e. The summed E-state index contributed by atoms with van der Waals surface area (Å²) in [5, 5.41) is 23.5. The molecule has 0 radical (unpaired) electrons. The van der Waals surface area contributed by atoms with E-state index < -0.39 is 0 Å². The van der Waals surface area contributed by atoms with Gasteiger partial charge >= 0.3 is 0 Å². The van der Waals surface area contributed by atoms with Crippen LogP contribution in [0.15, 0.2) is 36.5 Å². The molecule has 4 N–H and O–H groups in total. The lowest BCUT2D eigenvalue weighted by atomic mass is 9.98. The van der Waals surface area contributed by atoms with Crippen LogP contribution in [0.2, 0.25) is 5.02 Å². The Morgan fingerprint density at radius 1 is 1.29 bits per heavy atom. The number of pyridine rings is 1. The van der Waals surface area contributed by atoms with E-state index in [1.165, 1.54) is 13.3 Å². The number of hydrogen-bond donors (Lipinski definition) is 3. The molecule has 0 aliphatic heterocycles. The normalized spacial score (nSPS) is 10.8. The number of nitrogens with two attached hydrogens (primary N) is 1. The summed E-state index contributed by atoms with van der Waals surface area (Å²) in [6.07, 6.45) is 5.32. The monoisotopic (exact) mass is 434 g/mol. The molecule has 2 aromatic carbocycles. The molecule has 3 rings (SSSR count). The summed E-state index contributed by atoms with van der Waals surface area (Å²) in [4.78, 5) is 4.38. The molecule has 31 heavy (non-hydrogen) atoms. The number of anilines is 3. The number of phenols is 1. The second-order valence-corrected chi connectivity index (χ2v) is 7.40. The third-order valence-corrected chi connectivity index (χ3v) is 5.39. The van der Waals surface area contributed by atoms with Crippen LogP contribution < -0.4 is 15.8 Å². The van der Waals surface area contributed by atoms with E-state index in [9.17, 15) is 10.4 Å². The van der Waals surface area contributed by atoms with Gasteiger partial charge in [-0.15, -0.1) is 0 Å². The first-order valence-electron chi connectivity index (χ1n) is 9.57. The Labute approximate surface area is 186 Å². The Bertz CT molecular complexity index is 1230. The molecular formula is C24H23ClN4O2. The minimum absolute atomic E-state index is 0.0277. The molecule has 0 unspecified atom stereocenters. The predicted octanol–water partition coefficient (Wildman–Crippen LogP) is 5.96. The van der Waals surface area contributed by atoms with Crippen LogP contribution in [0.4, 0.5) is 17.1 Å². The molecule has 7 heteroatoms. The van der Waals surface area contributed by atoms with Crippen LogP contribution in [0.3, 0.4) is 0 Å². The number of aryl methyl sites for hydroxylation is 1. The minimum Gasteiger partial charge on any atom is -0.504 e. The van der Waals surface area contributed by atoms with Crippen molar-refractivity contribution in [2.75, 3.05) is 18.2 Å². The van der Waals surface area contributed by atoms with Crippen molar-refractivity contribution in [1.29, 1.82) is 5.26 Å². The summed E-state index contributed by atoms with van der Waals surface area (Å²) in [7, 11) is 1.48. The van der Waals surface area contributed by atoms with Crippen LogP contribution in [0.25, 0.3) is 17.2 Å². The second kappa shape index (κ2) is 8.99. The van der Waals surface area contributed by atoms with Gasteiger partial charge in [-0.25, -0.2) is 0 Å². The summed E-state index contributed by atoms with van der Waals surface area (Å²) in [5.74, 6) is 0.354. The van der Waals surface area contributed by atoms with Gasteiger partial charge in [-0.1, -0.05) is 29.8 Å². The van der Waals surface area contributed by atoms with Crippen molar-refractivity contribution in [3.63, 3.8) is 0 Å². The molecule has 6 nitrogen and oxygen atoms in total. The Morgan fingerprint density at radius 3 is 2.68 bits per heavy atom. The lowest BCUT2D eigenvalue weighted by molar-refractivity contribution is 0.373. The van der Waals surface area contributed by atoms with Gasteiger partial charge in [-0.2, -0.15) is 5.26 Å². The first-order valence-corrected chi connectivity index (χ1v) is 9.95. The highest BCUT2D eigenvalue weighted by molar-refractivity contribution is 6.33. The zero-order valence-corrected chi connectivity index (χ0v) is 18.5. The summed E-state index contributed by atoms with van der Waals surface area (Å²) >= 11 is 6.39. The highest BCUT2D eigenvalue weighted by atomic mass is 35.5. The number of rotatable bonds is 5. The zero-order chi connectivity index (χ0) is 22.7. The van der Waals surface area contributed by atoms with E-state index in [0.717, 1.165) is 27.9 Å². The molecule has 3 aromatic rings. The Balaban J connectivity index is 2.26. The number of aromatic nitrogens is 1. The molecule has 0 aliphatic carbocycles. The van der Waals surface area contributed by atoms with Crippen LogP contribution in [0.5, 0.6) is 11.5 Å². The maximum atomic E-state index is 9.99. The largest absolute Gasteiger partial charge is 0.504 e. The standard InChI is InChI=1S/C24H23ClN4O2/c1-5-6-17-13(2)19(10-18(25)23(17)27)29-24-16(11-26)12-28-14(3)22(24)15-7-8-20(30)21(9-15)31-4/h5-10,12,30H,27H2,1-4H3,(H,28,29)/b6-5-. The Kier molecular flexibility index (Phi) is 6.38. The number of hydrogen-bond acceptors (Lipinski definition) is 6. The van der Waals surface area contributed by atoms with Gasteiger partial charge < -0.3 is 20.9 Å². The van der Waals surface area contributed by atoms with E-state index >= 15 is 0 Å². The predicted molar refractivity (Wildman–Crippen MR) is 126 cm³/mol. The fourth-order valence-corrected chi connectivity index (χ4v) is 3.65. The topological polar surface area (TPSA) is 104 Å². The number of ether oxygens (including phenoxy) is 1. The summed E-state index contributed by atoms with van der Waals surface area (Å²) in [6, 6.07) is 8.96. The van der Waals surface area contributed by atoms with E-state index in [4.69, 9.17) is 22.1 Å². The Hall–Kier alpha value is -3.69. The van der Waals surface area contributed by atoms with Crippen LogP contribution in [0, 0.1) is 25.2 Å². The van der Waals surface area contributed by atoms with Gasteiger partial charge in [-0.3, -0.25) is 4.98 Å². The number of benzene rings is 2. The van der Waals surface area contributed by atoms with Crippen LogP contribution in [0.1, 0.15) is 29.3 Å². The zero-order valence-electron chi connectivity index (χ0n) is 17.7. The lowest BCUT2D eigenvalue weighted by Crippen LogP contribution is -2.04. The summed E-state index contributed by atoms with van der Waals surface area (Å²) in [5.41, 5.74) is 12.2. The van der Waals surface area contributed by atoms with Crippen molar-refractivity contribution in [1.82, 2.24) is 4.98 Å². The van der Waals surface area contributed by atoms with Gasteiger partial charge in [0.1, 0.15) is 6.07 Å². The van der Waals surface area contributed by atoms with E-state index in [0.29, 0.717) is 33.4 Å². The first kappa shape index (κ1) is 22.0. The van der Waals surface area contributed by atoms with Gasteiger partial charge in [0, 0.05) is 28.7 Å². The lowest BCUT2D eigenvalue weighted by Gasteiger charge is -2.20. The summed E-state index contributed by atoms with van der Waals surface area (Å²) in [6.45, 7) is 5.70. The number of aromatic hydroxyl groups is 1. The van der Waals surface area contributed by atoms with Crippen LogP contribution in [-0.4, -0.2) is 17.2 Å². The van der Waals surface area contributed by atoms with Gasteiger partial charge in [-0.05, 0) is 50.1 Å². The maximum absolute atomic E-state index is 9.99. The van der Waals surface area contributed by atoms with E-state index in [1.54, 1.807) is 24.3 Å². The van der Waals surface area contributed by atoms with Gasteiger partial charge in [0.2, 0.25) is 0 Å². The quantitative estimate of drug-likeness (QED) is 0.427. The molecule has 0 atom stereocenters. The number of methoxy groups -OCH3 is 1. The van der Waals surface area contributed by atoms with Gasteiger partial charge in [0.25, 0.3) is 0 Å². The molecule has 1 heterocycles. The molecule has 0 bridgehead atoms. The third-order valence-electron chi connectivity index (χ3n) is 5.08. The third kappa shape index (κ3) is 4.14. The van der Waals surface area contributed by atoms with Gasteiger partial charge in [0.15, 0.2) is 11.5 Å². The van der Waals surface area contributed by atoms with Crippen LogP contribution in [-0.2, 0) is 0 Å². The number of halogens is 1. The van der Waals surface area contributed by atoms with Crippen molar-refractivity contribution >= 4 is 34.7 Å². The van der Waals surface area contributed by atoms with Gasteiger partial charge in [0.05, 0.1) is 29.1 Å². The first-order chi connectivity index (χ1) is 14.8. The van der Waals surface area contributed by atoms with Crippen molar-refractivity contribution in [2.24, 2.45) is 0 Å². The molecule has 0 saturated heterocycles. The molecule has 0 amide bonds. The molecule has 0 fully saturated rings.